The fraction of sp³-hybridized carbons (Fsp3) is 0.594. The van der Waals surface area contributed by atoms with Gasteiger partial charge in [0.2, 0.25) is 6.41 Å². The van der Waals surface area contributed by atoms with Crippen LogP contribution in [0.5, 0.6) is 0 Å². The van der Waals surface area contributed by atoms with E-state index in [1.54, 1.807) is 34.0 Å². The molecule has 9 nitrogen and oxygen atoms in total. The van der Waals surface area contributed by atoms with Crippen LogP contribution >= 0.6 is 0 Å². The van der Waals surface area contributed by atoms with Crippen molar-refractivity contribution in [2.24, 2.45) is 14.7 Å². The Morgan fingerprint density at radius 3 is 2.02 bits per heavy atom. The van der Waals surface area contributed by atoms with Crippen LogP contribution in [-0.4, -0.2) is 59.9 Å². The maximum Gasteiger partial charge on any atom is 0.267 e. The van der Waals surface area contributed by atoms with Gasteiger partial charge in [-0.25, -0.2) is 4.21 Å². The predicted molar refractivity (Wildman–Crippen MR) is 186 cm³/mol. The van der Waals surface area contributed by atoms with E-state index in [9.17, 15) is 9.00 Å². The molecule has 2 rings (SSSR count). The van der Waals surface area contributed by atoms with Crippen LogP contribution in [0.15, 0.2) is 56.6 Å². The van der Waals surface area contributed by atoms with Crippen LogP contribution in [0.25, 0.3) is 0 Å². The van der Waals surface area contributed by atoms with Crippen molar-refractivity contribution in [3.8, 4) is 12.3 Å². The maximum absolute atomic E-state index is 10.8. The van der Waals surface area contributed by atoms with Gasteiger partial charge in [0.25, 0.3) is 11.2 Å². The van der Waals surface area contributed by atoms with Gasteiger partial charge in [0.1, 0.15) is 5.76 Å². The number of amides is 1. The zero-order valence-electron chi connectivity index (χ0n) is 28.7. The molecule has 0 spiro atoms. The second kappa shape index (κ2) is 39.8. The van der Waals surface area contributed by atoms with Crippen LogP contribution in [-0.2, 0) is 20.7 Å². The molecule has 2 heterocycles. The lowest BCUT2D eigenvalue weighted by Crippen LogP contribution is -2.27. The molecule has 0 fully saturated rings. The van der Waals surface area contributed by atoms with E-state index in [1.165, 1.54) is 17.5 Å². The molecule has 2 atom stereocenters. The third kappa shape index (κ3) is 46.5. The Kier molecular flexibility index (Phi) is 45.9. The highest BCUT2D eigenvalue weighted by Crippen LogP contribution is 2.18. The summed E-state index contributed by atoms with van der Waals surface area (Å²) in [7, 11) is 3.38. The number of aliphatic hydroxyl groups is 1. The van der Waals surface area contributed by atoms with E-state index < -0.39 is 11.2 Å². The van der Waals surface area contributed by atoms with Gasteiger partial charge in [-0.15, -0.1) is 16.7 Å². The van der Waals surface area contributed by atoms with Crippen molar-refractivity contribution in [2.75, 3.05) is 27.2 Å². The first kappa shape index (κ1) is 48.4. The fourth-order valence-electron chi connectivity index (χ4n) is 2.18. The number of hydrogen-bond acceptors (Lipinski definition) is 6. The van der Waals surface area contributed by atoms with Crippen molar-refractivity contribution in [3.63, 3.8) is 0 Å². The lowest BCUT2D eigenvalue weighted by atomic mass is 10.1. The second-order valence-electron chi connectivity index (χ2n) is 8.35. The van der Waals surface area contributed by atoms with E-state index >= 15 is 0 Å². The molecule has 3 N–H and O–H groups in total. The molecule has 2 unspecified atom stereocenters. The summed E-state index contributed by atoms with van der Waals surface area (Å²) in [5, 5.41) is 14.5. The number of amidine groups is 1. The molecule has 10 heteroatoms. The summed E-state index contributed by atoms with van der Waals surface area (Å²) in [5.74, 6) is 5.32. The monoisotopic (exact) mass is 611 g/mol. The highest BCUT2D eigenvalue weighted by atomic mass is 32.2. The summed E-state index contributed by atoms with van der Waals surface area (Å²) in [6.07, 6.45) is 20.0. The van der Waals surface area contributed by atoms with Crippen molar-refractivity contribution in [2.45, 2.75) is 95.4 Å². The predicted octanol–water partition coefficient (Wildman–Crippen LogP) is 7.26. The molecule has 0 saturated heterocycles. The van der Waals surface area contributed by atoms with E-state index in [0.29, 0.717) is 24.1 Å². The molecule has 42 heavy (non-hydrogen) atoms. The number of carbonyl (C=O) groups excluding carboxylic acids is 1. The Balaban J connectivity index is -0.000000148. The molecule has 0 aliphatic carbocycles. The number of terminal acetylenes is 1. The van der Waals surface area contributed by atoms with Crippen LogP contribution < -0.4 is 10.6 Å². The standard InChI is InChI=1S/C10H13N3O2S.C6H13N.C5H10O.C3H7NO.C3H8.C3H4.C2H6/c1-7-3-8(2)15-9(4-7)5-11-10-6-12-16(14)13-10;1-3-5-6-7-4-2;1-3-4-5(2)6;1-4(2)3-5;2*1-3-2;1-2/h3-4,6-7H,5H2,1-2H3,(H,11,13);5-7H,3-4H2,1-2H3;4,6H,3H2,1-2H3;3H,1-2H3;3H2,1-2H3;1H,2H3;1-2H3/b;6-5+;5-4+;;;;. The number of nitrogens with zero attached hydrogens (tertiary/aromatic N) is 3. The van der Waals surface area contributed by atoms with Gasteiger partial charge in [-0.2, -0.15) is 4.40 Å². The van der Waals surface area contributed by atoms with Gasteiger partial charge in [0, 0.05) is 20.6 Å². The van der Waals surface area contributed by atoms with Gasteiger partial charge in [-0.05, 0) is 70.9 Å². The third-order valence-corrected chi connectivity index (χ3v) is 4.15. The number of aliphatic hydroxyl groups excluding tert-OH is 1. The normalized spacial score (nSPS) is 15.6. The van der Waals surface area contributed by atoms with E-state index in [0.717, 1.165) is 37.3 Å². The Morgan fingerprint density at radius 2 is 1.71 bits per heavy atom. The van der Waals surface area contributed by atoms with Gasteiger partial charge in [0.05, 0.1) is 24.3 Å². The second-order valence-corrected chi connectivity index (χ2v) is 9.21. The number of nitrogens with one attached hydrogen (secondary N) is 2. The molecule has 1 amide bonds. The minimum atomic E-state index is -1.45. The minimum Gasteiger partial charge on any atom is -0.513 e. The molecular weight excluding hydrogens is 550 g/mol. The molecule has 2 aliphatic heterocycles. The third-order valence-electron chi connectivity index (χ3n) is 3.51. The molecule has 0 aromatic rings. The molecule has 0 aromatic heterocycles. The average Bonchev–Trinajstić information content (AvgIpc) is 3.35. The lowest BCUT2D eigenvalue weighted by Gasteiger charge is -2.17. The van der Waals surface area contributed by atoms with Crippen molar-refractivity contribution in [3.05, 3.63) is 47.8 Å². The Bertz CT molecular complexity index is 867. The van der Waals surface area contributed by atoms with Gasteiger partial charge >= 0.3 is 0 Å². The summed E-state index contributed by atoms with van der Waals surface area (Å²) in [4.78, 5) is 10.9. The van der Waals surface area contributed by atoms with Crippen LogP contribution in [0.2, 0.25) is 0 Å². The summed E-state index contributed by atoms with van der Waals surface area (Å²) in [6.45, 7) is 23.3. The van der Waals surface area contributed by atoms with Crippen LogP contribution in [0.3, 0.4) is 0 Å². The van der Waals surface area contributed by atoms with E-state index in [2.05, 4.69) is 72.5 Å². The smallest absolute Gasteiger partial charge is 0.267 e. The molecule has 0 radical (unpaired) electrons. The molecular formula is C32H61N5O4S. The topological polar surface area (TPSA) is 116 Å². The summed E-state index contributed by atoms with van der Waals surface area (Å²) in [5.41, 5.74) is 0. The number of carbonyl (C=O) groups is 1. The van der Waals surface area contributed by atoms with E-state index in [1.807, 2.05) is 46.0 Å². The minimum absolute atomic E-state index is 0.374. The number of ether oxygens (including phenoxy) is 1. The van der Waals surface area contributed by atoms with E-state index in [4.69, 9.17) is 9.84 Å². The number of hydrogen-bond donors (Lipinski definition) is 3. The largest absolute Gasteiger partial charge is 0.513 e. The first-order valence-corrected chi connectivity index (χ1v) is 15.6. The Labute approximate surface area is 261 Å². The van der Waals surface area contributed by atoms with E-state index in [-0.39, 0.29) is 0 Å². The SMILES string of the molecule is C#CC.CC.CC/C=C(\C)O.CC/C=C/NCC.CC1=CC(C)C=C(CNC2=NS(=O)N=C2)O1.CCC.CN(C)C=O. The molecule has 0 aromatic carbocycles. The number of allylic oxidation sites excluding steroid dienone is 6. The summed E-state index contributed by atoms with van der Waals surface area (Å²) < 4.78 is 23.8. The quantitative estimate of drug-likeness (QED) is 0.159. The molecule has 0 bridgehead atoms. The number of rotatable bonds is 7. The summed E-state index contributed by atoms with van der Waals surface area (Å²) >= 11 is -1.45. The van der Waals surface area contributed by atoms with Crippen LogP contribution in [0.1, 0.15) is 95.4 Å². The lowest BCUT2D eigenvalue weighted by molar-refractivity contribution is -0.115. The van der Waals surface area contributed by atoms with Crippen LogP contribution in [0.4, 0.5) is 0 Å². The van der Waals surface area contributed by atoms with Crippen molar-refractivity contribution >= 4 is 29.6 Å². The van der Waals surface area contributed by atoms with Gasteiger partial charge in [-0.3, -0.25) is 4.79 Å². The molecule has 0 saturated carbocycles. The van der Waals surface area contributed by atoms with Gasteiger partial charge < -0.3 is 25.4 Å². The maximum atomic E-state index is 10.8. The Morgan fingerprint density at radius 1 is 1.19 bits per heavy atom. The highest BCUT2D eigenvalue weighted by Gasteiger charge is 2.12. The zero-order chi connectivity index (χ0) is 33.8. The fourth-order valence-corrected chi connectivity index (χ4v) is 2.69. The van der Waals surface area contributed by atoms with Crippen LogP contribution in [0, 0.1) is 18.3 Å². The van der Waals surface area contributed by atoms with Crippen molar-refractivity contribution in [1.82, 2.24) is 15.5 Å². The van der Waals surface area contributed by atoms with Crippen molar-refractivity contribution in [1.29, 1.82) is 0 Å². The average molecular weight is 612 g/mol. The van der Waals surface area contributed by atoms with Crippen molar-refractivity contribution < 1.29 is 18.8 Å². The Hall–Kier alpha value is -3.32. The molecule has 244 valence electrons. The van der Waals surface area contributed by atoms with Gasteiger partial charge in [0.15, 0.2) is 5.84 Å². The first-order valence-electron chi connectivity index (χ1n) is 14.5. The zero-order valence-corrected chi connectivity index (χ0v) is 29.5. The first-order chi connectivity index (χ1) is 19.9. The summed E-state index contributed by atoms with van der Waals surface area (Å²) in [6, 6.07) is 0. The highest BCUT2D eigenvalue weighted by molar-refractivity contribution is 7.83. The molecule has 2 aliphatic rings. The van der Waals surface area contributed by atoms with Gasteiger partial charge in [-0.1, -0.05) is 61.0 Å².